The van der Waals surface area contributed by atoms with Crippen LogP contribution in [0.4, 0.5) is 0 Å². The predicted octanol–water partition coefficient (Wildman–Crippen LogP) is 3.83. The van der Waals surface area contributed by atoms with Gasteiger partial charge < -0.3 is 4.52 Å². The molecule has 0 fully saturated rings. The Hall–Kier alpha value is -2.75. The maximum Gasteiger partial charge on any atom is 0.258 e. The average molecular weight is 263 g/mol. The fourth-order valence-corrected chi connectivity index (χ4v) is 1.93. The minimum atomic E-state index is 0.517. The van der Waals surface area contributed by atoms with Gasteiger partial charge in [-0.25, -0.2) is 0 Å². The van der Waals surface area contributed by atoms with Crippen molar-refractivity contribution in [3.8, 4) is 22.6 Å². The van der Waals surface area contributed by atoms with E-state index in [0.717, 1.165) is 16.7 Å². The molecule has 98 valence electrons. The van der Waals surface area contributed by atoms with E-state index in [1.54, 1.807) is 12.3 Å². The van der Waals surface area contributed by atoms with Crippen molar-refractivity contribution < 1.29 is 4.52 Å². The fourth-order valence-electron chi connectivity index (χ4n) is 1.93. The van der Waals surface area contributed by atoms with Crippen molar-refractivity contribution in [3.63, 3.8) is 0 Å². The van der Waals surface area contributed by atoms with Crippen LogP contribution in [0.15, 0.2) is 59.4 Å². The first-order valence-corrected chi connectivity index (χ1v) is 6.34. The summed E-state index contributed by atoms with van der Waals surface area (Å²) in [6.07, 6.45) is 7.27. The van der Waals surface area contributed by atoms with Crippen molar-refractivity contribution in [2.45, 2.75) is 6.92 Å². The maximum atomic E-state index is 5.27. The zero-order chi connectivity index (χ0) is 13.8. The van der Waals surface area contributed by atoms with Crippen LogP contribution >= 0.6 is 0 Å². The lowest BCUT2D eigenvalue weighted by molar-refractivity contribution is 0.429. The Balaban J connectivity index is 1.98. The van der Waals surface area contributed by atoms with Crippen molar-refractivity contribution >= 4 is 6.08 Å². The Morgan fingerprint density at radius 2 is 1.90 bits per heavy atom. The highest BCUT2D eigenvalue weighted by Crippen LogP contribution is 2.24. The molecule has 0 atom stereocenters. The van der Waals surface area contributed by atoms with E-state index in [1.165, 1.54) is 0 Å². The minimum Gasteiger partial charge on any atom is -0.334 e. The van der Waals surface area contributed by atoms with Crippen LogP contribution in [0.25, 0.3) is 28.7 Å². The van der Waals surface area contributed by atoms with E-state index in [4.69, 9.17) is 4.52 Å². The fraction of sp³-hybridized carbons (Fsp3) is 0.0625. The highest BCUT2D eigenvalue weighted by molar-refractivity contribution is 5.69. The maximum absolute atomic E-state index is 5.27. The van der Waals surface area contributed by atoms with E-state index in [1.807, 2.05) is 55.6 Å². The first-order valence-electron chi connectivity index (χ1n) is 6.34. The number of pyridine rings is 1. The number of hydrogen-bond donors (Lipinski definition) is 0. The van der Waals surface area contributed by atoms with Gasteiger partial charge in [0.05, 0.1) is 0 Å². The second-order valence-corrected chi connectivity index (χ2v) is 4.28. The van der Waals surface area contributed by atoms with E-state index in [9.17, 15) is 0 Å². The smallest absolute Gasteiger partial charge is 0.258 e. The highest BCUT2D eigenvalue weighted by Gasteiger charge is 2.08. The van der Waals surface area contributed by atoms with Gasteiger partial charge in [-0.1, -0.05) is 29.4 Å². The lowest BCUT2D eigenvalue weighted by atomic mass is 10.0. The Bertz CT molecular complexity index is 732. The van der Waals surface area contributed by atoms with Crippen LogP contribution in [0.2, 0.25) is 0 Å². The third-order valence-corrected chi connectivity index (χ3v) is 2.86. The molecule has 0 saturated carbocycles. The topological polar surface area (TPSA) is 51.8 Å². The van der Waals surface area contributed by atoms with Gasteiger partial charge in [0.25, 0.3) is 5.89 Å². The molecule has 4 heteroatoms. The molecule has 0 bridgehead atoms. The van der Waals surface area contributed by atoms with Crippen LogP contribution in [-0.2, 0) is 0 Å². The molecule has 3 aromatic rings. The largest absolute Gasteiger partial charge is 0.334 e. The number of nitrogens with zero attached hydrogens (tertiary/aromatic N) is 3. The van der Waals surface area contributed by atoms with Crippen LogP contribution in [0, 0.1) is 0 Å². The van der Waals surface area contributed by atoms with Gasteiger partial charge in [-0.15, -0.1) is 0 Å². The Morgan fingerprint density at radius 3 is 2.70 bits per heavy atom. The van der Waals surface area contributed by atoms with E-state index in [2.05, 4.69) is 15.1 Å². The summed E-state index contributed by atoms with van der Waals surface area (Å²) >= 11 is 0. The Kier molecular flexibility index (Phi) is 3.37. The van der Waals surface area contributed by atoms with Crippen molar-refractivity contribution in [3.05, 3.63) is 60.7 Å². The van der Waals surface area contributed by atoms with E-state index in [-0.39, 0.29) is 0 Å². The molecule has 2 aromatic heterocycles. The summed E-state index contributed by atoms with van der Waals surface area (Å²) < 4.78 is 5.27. The van der Waals surface area contributed by atoms with Gasteiger partial charge in [0, 0.05) is 23.5 Å². The molecular weight excluding hydrogens is 250 g/mol. The quantitative estimate of drug-likeness (QED) is 0.720. The predicted molar refractivity (Wildman–Crippen MR) is 77.7 cm³/mol. The van der Waals surface area contributed by atoms with Gasteiger partial charge in [0.1, 0.15) is 0 Å². The molecule has 4 nitrogen and oxygen atoms in total. The second kappa shape index (κ2) is 5.48. The van der Waals surface area contributed by atoms with Gasteiger partial charge in [-0.05, 0) is 36.8 Å². The Morgan fingerprint density at radius 1 is 1.05 bits per heavy atom. The highest BCUT2D eigenvalue weighted by atomic mass is 16.5. The molecule has 2 heterocycles. The van der Waals surface area contributed by atoms with Gasteiger partial charge in [-0.3, -0.25) is 4.98 Å². The molecule has 0 saturated heterocycles. The third kappa shape index (κ3) is 2.49. The number of benzene rings is 1. The van der Waals surface area contributed by atoms with Gasteiger partial charge in [0.15, 0.2) is 5.82 Å². The lowest BCUT2D eigenvalue weighted by Gasteiger charge is -2.01. The number of hydrogen-bond acceptors (Lipinski definition) is 4. The summed E-state index contributed by atoms with van der Waals surface area (Å²) in [6.45, 7) is 1.92. The standard InChI is InChI=1S/C16H13N3O/c1-2-5-15-18-16(20-19-15)13-7-3-6-12(10-13)14-8-4-9-17-11-14/h2-11H,1H3/b5-2+. The molecule has 0 amide bonds. The third-order valence-electron chi connectivity index (χ3n) is 2.86. The van der Waals surface area contributed by atoms with Crippen LogP contribution in [0.3, 0.4) is 0 Å². The monoisotopic (exact) mass is 263 g/mol. The SMILES string of the molecule is C/C=C/c1noc(-c2cccc(-c3cccnc3)c2)n1. The van der Waals surface area contributed by atoms with E-state index in [0.29, 0.717) is 11.7 Å². The zero-order valence-corrected chi connectivity index (χ0v) is 11.0. The number of rotatable bonds is 3. The van der Waals surface area contributed by atoms with Crippen LogP contribution < -0.4 is 0 Å². The van der Waals surface area contributed by atoms with E-state index >= 15 is 0 Å². The molecule has 0 unspecified atom stereocenters. The van der Waals surface area contributed by atoms with Crippen LogP contribution in [-0.4, -0.2) is 15.1 Å². The van der Waals surface area contributed by atoms with Crippen molar-refractivity contribution in [1.82, 2.24) is 15.1 Å². The summed E-state index contributed by atoms with van der Waals surface area (Å²) in [5.41, 5.74) is 3.03. The normalized spacial score (nSPS) is 11.1. The second-order valence-electron chi connectivity index (χ2n) is 4.28. The first-order chi connectivity index (χ1) is 9.86. The van der Waals surface area contributed by atoms with Crippen LogP contribution in [0.5, 0.6) is 0 Å². The number of allylic oxidation sites excluding steroid dienone is 1. The molecule has 0 spiro atoms. The molecular formula is C16H13N3O. The molecule has 0 radical (unpaired) electrons. The Labute approximate surface area is 116 Å². The lowest BCUT2D eigenvalue weighted by Crippen LogP contribution is -1.82. The van der Waals surface area contributed by atoms with Gasteiger partial charge in [0.2, 0.25) is 0 Å². The van der Waals surface area contributed by atoms with E-state index < -0.39 is 0 Å². The zero-order valence-electron chi connectivity index (χ0n) is 11.0. The molecule has 0 aliphatic rings. The average Bonchev–Trinajstić information content (AvgIpc) is 2.97. The summed E-state index contributed by atoms with van der Waals surface area (Å²) in [4.78, 5) is 8.46. The summed E-state index contributed by atoms with van der Waals surface area (Å²) in [5, 5.41) is 3.90. The summed E-state index contributed by atoms with van der Waals surface area (Å²) in [5.74, 6) is 1.10. The first kappa shape index (κ1) is 12.3. The molecule has 0 aliphatic heterocycles. The van der Waals surface area contributed by atoms with Crippen molar-refractivity contribution in [2.75, 3.05) is 0 Å². The summed E-state index contributed by atoms with van der Waals surface area (Å²) in [7, 11) is 0. The van der Waals surface area contributed by atoms with Crippen molar-refractivity contribution in [2.24, 2.45) is 0 Å². The molecule has 0 aliphatic carbocycles. The molecule has 3 rings (SSSR count). The van der Waals surface area contributed by atoms with Gasteiger partial charge in [-0.2, -0.15) is 4.98 Å². The number of aromatic nitrogens is 3. The molecule has 20 heavy (non-hydrogen) atoms. The van der Waals surface area contributed by atoms with Crippen molar-refractivity contribution in [1.29, 1.82) is 0 Å². The summed E-state index contributed by atoms with van der Waals surface area (Å²) in [6, 6.07) is 11.9. The minimum absolute atomic E-state index is 0.517. The molecule has 0 N–H and O–H groups in total. The van der Waals surface area contributed by atoms with Gasteiger partial charge >= 0.3 is 0 Å². The van der Waals surface area contributed by atoms with Crippen LogP contribution in [0.1, 0.15) is 12.7 Å². The molecule has 1 aromatic carbocycles.